The first-order chi connectivity index (χ1) is 8.86. The van der Waals surface area contributed by atoms with Crippen LogP contribution in [-0.2, 0) is 6.42 Å². The zero-order chi connectivity index (χ0) is 12.6. The van der Waals surface area contributed by atoms with Crippen LogP contribution in [0.3, 0.4) is 0 Å². The Morgan fingerprint density at radius 3 is 2.17 bits per heavy atom. The third-order valence-corrected chi connectivity index (χ3v) is 2.66. The van der Waals surface area contributed by atoms with E-state index in [4.69, 9.17) is 0 Å². The Hall–Kier alpha value is -2.28. The van der Waals surface area contributed by atoms with Crippen LogP contribution >= 0.6 is 0 Å². The Morgan fingerprint density at radius 2 is 1.50 bits per heavy atom. The molecule has 0 atom stereocenters. The Morgan fingerprint density at radius 1 is 0.889 bits per heavy atom. The van der Waals surface area contributed by atoms with Crippen molar-refractivity contribution in [2.45, 2.75) is 6.42 Å². The number of hydrogen-bond donors (Lipinski definition) is 1. The molecule has 90 valence electrons. The lowest BCUT2D eigenvalue weighted by Gasteiger charge is -1.97. The van der Waals surface area contributed by atoms with Crippen molar-refractivity contribution >= 4 is 5.76 Å². The predicted octanol–water partition coefficient (Wildman–Crippen LogP) is 4.38. The highest BCUT2D eigenvalue weighted by molar-refractivity contribution is 5.59. The second-order valence-electron chi connectivity index (χ2n) is 4.04. The minimum absolute atomic E-state index is 0.292. The lowest BCUT2D eigenvalue weighted by atomic mass is 10.1. The van der Waals surface area contributed by atoms with Crippen molar-refractivity contribution in [1.82, 2.24) is 0 Å². The second kappa shape index (κ2) is 6.45. The van der Waals surface area contributed by atoms with Gasteiger partial charge in [-0.3, -0.25) is 0 Å². The fourth-order valence-corrected chi connectivity index (χ4v) is 1.68. The van der Waals surface area contributed by atoms with Gasteiger partial charge < -0.3 is 5.11 Å². The van der Waals surface area contributed by atoms with E-state index in [-0.39, 0.29) is 0 Å². The Bertz CT molecular complexity index is 524. The summed E-state index contributed by atoms with van der Waals surface area (Å²) in [5, 5.41) is 9.83. The maximum atomic E-state index is 9.83. The van der Waals surface area contributed by atoms with Crippen LogP contribution in [0.5, 0.6) is 0 Å². The summed E-state index contributed by atoms with van der Waals surface area (Å²) < 4.78 is 0. The summed E-state index contributed by atoms with van der Waals surface area (Å²) in [5.41, 5.74) is 2.10. The molecule has 0 spiro atoms. The van der Waals surface area contributed by atoms with E-state index in [1.807, 2.05) is 60.7 Å². The number of hydrogen-bond acceptors (Lipinski definition) is 1. The molecule has 2 aromatic carbocycles. The maximum Gasteiger partial charge on any atom is 0.122 e. The molecule has 1 heteroatoms. The zero-order valence-electron chi connectivity index (χ0n) is 10.2. The fourth-order valence-electron chi connectivity index (χ4n) is 1.68. The highest BCUT2D eigenvalue weighted by Crippen LogP contribution is 2.10. The normalized spacial score (nSPS) is 11.9. The van der Waals surface area contributed by atoms with Gasteiger partial charge in [0.15, 0.2) is 0 Å². The molecule has 1 nitrogen and oxygen atoms in total. The van der Waals surface area contributed by atoms with Crippen molar-refractivity contribution in [1.29, 1.82) is 0 Å². The summed E-state index contributed by atoms with van der Waals surface area (Å²) in [6.45, 7) is 0. The summed E-state index contributed by atoms with van der Waals surface area (Å²) in [4.78, 5) is 0. The molecule has 0 radical (unpaired) electrons. The summed E-state index contributed by atoms with van der Waals surface area (Å²) in [6.07, 6.45) is 6.52. The molecule has 2 aromatic rings. The van der Waals surface area contributed by atoms with Gasteiger partial charge in [-0.1, -0.05) is 72.8 Å². The highest BCUT2D eigenvalue weighted by Gasteiger charge is 1.93. The van der Waals surface area contributed by atoms with Crippen LogP contribution < -0.4 is 0 Å². The summed E-state index contributed by atoms with van der Waals surface area (Å²) in [7, 11) is 0. The number of rotatable bonds is 4. The molecule has 0 aromatic heterocycles. The molecule has 0 heterocycles. The van der Waals surface area contributed by atoms with Gasteiger partial charge >= 0.3 is 0 Å². The second-order valence-corrected chi connectivity index (χ2v) is 4.04. The first kappa shape index (κ1) is 12.2. The predicted molar refractivity (Wildman–Crippen MR) is 76.3 cm³/mol. The first-order valence-corrected chi connectivity index (χ1v) is 6.01. The molecule has 0 amide bonds. The smallest absolute Gasteiger partial charge is 0.122 e. The first-order valence-electron chi connectivity index (χ1n) is 6.01. The Labute approximate surface area is 108 Å². The topological polar surface area (TPSA) is 20.2 Å². The minimum Gasteiger partial charge on any atom is -0.507 e. The molecule has 0 unspecified atom stereocenters. The fraction of sp³-hybridized carbons (Fsp3) is 0.0588. The molecule has 0 aliphatic heterocycles. The third kappa shape index (κ3) is 3.63. The van der Waals surface area contributed by atoms with Crippen molar-refractivity contribution in [3.05, 3.63) is 90.0 Å². The number of benzene rings is 2. The molecule has 0 bridgehead atoms. The van der Waals surface area contributed by atoms with Crippen LogP contribution in [0.2, 0.25) is 0 Å². The summed E-state index contributed by atoms with van der Waals surface area (Å²) in [5.74, 6) is 0.292. The molecule has 0 aliphatic carbocycles. The summed E-state index contributed by atoms with van der Waals surface area (Å²) >= 11 is 0. The lowest BCUT2D eigenvalue weighted by molar-refractivity contribution is 0.512. The van der Waals surface area contributed by atoms with Gasteiger partial charge in [-0.2, -0.15) is 0 Å². The van der Waals surface area contributed by atoms with Gasteiger partial charge in [-0.05, 0) is 18.1 Å². The van der Waals surface area contributed by atoms with Crippen LogP contribution in [-0.4, -0.2) is 5.11 Å². The Kier molecular flexibility index (Phi) is 4.37. The van der Waals surface area contributed by atoms with E-state index in [0.717, 1.165) is 12.0 Å². The molecule has 18 heavy (non-hydrogen) atoms. The van der Waals surface area contributed by atoms with Crippen LogP contribution in [0.4, 0.5) is 0 Å². The highest BCUT2D eigenvalue weighted by atomic mass is 16.3. The van der Waals surface area contributed by atoms with E-state index >= 15 is 0 Å². The Balaban J connectivity index is 1.95. The quantitative estimate of drug-likeness (QED) is 0.616. The average Bonchev–Trinajstić information content (AvgIpc) is 2.45. The third-order valence-electron chi connectivity index (χ3n) is 2.66. The van der Waals surface area contributed by atoms with Gasteiger partial charge in [-0.25, -0.2) is 0 Å². The largest absolute Gasteiger partial charge is 0.507 e. The van der Waals surface area contributed by atoms with E-state index < -0.39 is 0 Å². The van der Waals surface area contributed by atoms with Crippen molar-refractivity contribution < 1.29 is 5.11 Å². The van der Waals surface area contributed by atoms with E-state index in [1.54, 1.807) is 6.08 Å². The van der Waals surface area contributed by atoms with Gasteiger partial charge in [0, 0.05) is 5.56 Å². The monoisotopic (exact) mass is 236 g/mol. The van der Waals surface area contributed by atoms with Gasteiger partial charge in [-0.15, -0.1) is 0 Å². The standard InChI is InChI=1S/C17H16O/c18-17(16-12-5-2-6-13-16)14-8-7-11-15-9-3-1-4-10-15/h1-10,12-14,18H,11H2/b8-7+,17-14-. The van der Waals surface area contributed by atoms with Crippen molar-refractivity contribution in [3.63, 3.8) is 0 Å². The van der Waals surface area contributed by atoms with Gasteiger partial charge in [0.05, 0.1) is 0 Å². The molecule has 0 fully saturated rings. The average molecular weight is 236 g/mol. The van der Waals surface area contributed by atoms with Crippen molar-refractivity contribution in [2.75, 3.05) is 0 Å². The number of aliphatic hydroxyl groups is 1. The lowest BCUT2D eigenvalue weighted by Crippen LogP contribution is -1.81. The molecule has 2 rings (SSSR count). The molecule has 0 aliphatic rings. The van der Waals surface area contributed by atoms with E-state index in [9.17, 15) is 5.11 Å². The molecule has 1 N–H and O–H groups in total. The van der Waals surface area contributed by atoms with E-state index in [0.29, 0.717) is 5.76 Å². The minimum atomic E-state index is 0.292. The van der Waals surface area contributed by atoms with E-state index in [1.165, 1.54) is 5.56 Å². The van der Waals surface area contributed by atoms with Gasteiger partial charge in [0.25, 0.3) is 0 Å². The summed E-state index contributed by atoms with van der Waals surface area (Å²) in [6, 6.07) is 19.8. The maximum absolute atomic E-state index is 9.83. The van der Waals surface area contributed by atoms with Crippen LogP contribution in [0, 0.1) is 0 Å². The van der Waals surface area contributed by atoms with Gasteiger partial charge in [0.1, 0.15) is 5.76 Å². The van der Waals surface area contributed by atoms with Gasteiger partial charge in [0.2, 0.25) is 0 Å². The number of aliphatic hydroxyl groups excluding tert-OH is 1. The van der Waals surface area contributed by atoms with Crippen molar-refractivity contribution in [3.8, 4) is 0 Å². The van der Waals surface area contributed by atoms with Crippen molar-refractivity contribution in [2.24, 2.45) is 0 Å². The van der Waals surface area contributed by atoms with E-state index in [2.05, 4.69) is 12.1 Å². The van der Waals surface area contributed by atoms with Crippen LogP contribution in [0.1, 0.15) is 11.1 Å². The van der Waals surface area contributed by atoms with Crippen LogP contribution in [0.25, 0.3) is 5.76 Å². The van der Waals surface area contributed by atoms with Crippen LogP contribution in [0.15, 0.2) is 78.9 Å². The molecular weight excluding hydrogens is 220 g/mol. The molecular formula is C17H16O. The molecule has 0 saturated heterocycles. The molecule has 0 saturated carbocycles. The number of allylic oxidation sites excluding steroid dienone is 3. The SMILES string of the molecule is O/C(=C\C=C\Cc1ccccc1)c1ccccc1. The zero-order valence-corrected chi connectivity index (χ0v) is 10.2.